The fourth-order valence-corrected chi connectivity index (χ4v) is 1.84. The van der Waals surface area contributed by atoms with Crippen LogP contribution in [-0.4, -0.2) is 11.8 Å². The molecular formula is C17H16F2N2O2. The van der Waals surface area contributed by atoms with E-state index in [1.54, 1.807) is 38.1 Å². The zero-order chi connectivity index (χ0) is 17.0. The lowest BCUT2D eigenvalue weighted by atomic mass is 10.1. The smallest absolute Gasteiger partial charge is 0.258 e. The summed E-state index contributed by atoms with van der Waals surface area (Å²) in [6, 6.07) is 9.28. The van der Waals surface area contributed by atoms with Crippen LogP contribution in [0.2, 0.25) is 0 Å². The third kappa shape index (κ3) is 4.12. The van der Waals surface area contributed by atoms with Gasteiger partial charge in [0.05, 0.1) is 16.9 Å². The van der Waals surface area contributed by atoms with Crippen molar-refractivity contribution in [1.82, 2.24) is 0 Å². The highest BCUT2D eigenvalue weighted by atomic mass is 19.1. The molecule has 0 bridgehead atoms. The Bertz CT molecular complexity index is 745. The molecule has 0 radical (unpaired) electrons. The van der Waals surface area contributed by atoms with Gasteiger partial charge in [0.25, 0.3) is 5.91 Å². The van der Waals surface area contributed by atoms with Crippen molar-refractivity contribution in [2.24, 2.45) is 5.92 Å². The average molecular weight is 318 g/mol. The molecule has 4 nitrogen and oxygen atoms in total. The number of benzene rings is 2. The minimum Gasteiger partial charge on any atom is -0.324 e. The zero-order valence-corrected chi connectivity index (χ0v) is 12.7. The van der Waals surface area contributed by atoms with E-state index in [1.165, 1.54) is 0 Å². The van der Waals surface area contributed by atoms with Gasteiger partial charge in [-0.15, -0.1) is 0 Å². The topological polar surface area (TPSA) is 58.2 Å². The number of carbonyl (C=O) groups is 2. The van der Waals surface area contributed by atoms with Crippen molar-refractivity contribution in [3.8, 4) is 0 Å². The molecule has 0 aliphatic carbocycles. The van der Waals surface area contributed by atoms with Crippen molar-refractivity contribution in [1.29, 1.82) is 0 Å². The van der Waals surface area contributed by atoms with Gasteiger partial charge >= 0.3 is 0 Å². The highest BCUT2D eigenvalue weighted by molar-refractivity contribution is 6.07. The van der Waals surface area contributed by atoms with Crippen molar-refractivity contribution in [2.75, 3.05) is 10.6 Å². The van der Waals surface area contributed by atoms with E-state index in [2.05, 4.69) is 10.6 Å². The van der Waals surface area contributed by atoms with Crippen molar-refractivity contribution in [2.45, 2.75) is 13.8 Å². The molecule has 0 saturated heterocycles. The summed E-state index contributed by atoms with van der Waals surface area (Å²) in [7, 11) is 0. The van der Waals surface area contributed by atoms with Crippen LogP contribution in [0.1, 0.15) is 24.2 Å². The van der Waals surface area contributed by atoms with Crippen LogP contribution in [0, 0.1) is 17.6 Å². The SMILES string of the molecule is CC(C)C(=O)Nc1ccccc1NC(=O)c1ccc(F)cc1F. The first-order valence-electron chi connectivity index (χ1n) is 7.04. The maximum absolute atomic E-state index is 13.6. The number of halogens is 2. The summed E-state index contributed by atoms with van der Waals surface area (Å²) in [5, 5.41) is 5.20. The second kappa shape index (κ2) is 7.00. The van der Waals surface area contributed by atoms with Crippen molar-refractivity contribution >= 4 is 23.2 Å². The Labute approximate surface area is 132 Å². The monoisotopic (exact) mass is 318 g/mol. The number of anilines is 2. The van der Waals surface area contributed by atoms with Gasteiger partial charge in [0.15, 0.2) is 0 Å². The Morgan fingerprint density at radius 2 is 1.57 bits per heavy atom. The van der Waals surface area contributed by atoms with Crippen LogP contribution in [0.25, 0.3) is 0 Å². The third-order valence-corrected chi connectivity index (χ3v) is 3.13. The van der Waals surface area contributed by atoms with Gasteiger partial charge < -0.3 is 10.6 Å². The summed E-state index contributed by atoms with van der Waals surface area (Å²) in [5.41, 5.74) is 0.452. The minimum atomic E-state index is -0.953. The first-order chi connectivity index (χ1) is 10.9. The van der Waals surface area contributed by atoms with Gasteiger partial charge in [-0.1, -0.05) is 26.0 Å². The molecule has 2 N–H and O–H groups in total. The maximum atomic E-state index is 13.6. The summed E-state index contributed by atoms with van der Waals surface area (Å²) >= 11 is 0. The van der Waals surface area contributed by atoms with Crippen LogP contribution in [0.15, 0.2) is 42.5 Å². The second-order valence-electron chi connectivity index (χ2n) is 5.27. The fourth-order valence-electron chi connectivity index (χ4n) is 1.84. The molecule has 0 fully saturated rings. The summed E-state index contributed by atoms with van der Waals surface area (Å²) in [6.07, 6.45) is 0. The highest BCUT2D eigenvalue weighted by Gasteiger charge is 2.15. The zero-order valence-electron chi connectivity index (χ0n) is 12.7. The molecule has 0 unspecified atom stereocenters. The largest absolute Gasteiger partial charge is 0.324 e. The summed E-state index contributed by atoms with van der Waals surface area (Å²) < 4.78 is 26.6. The quantitative estimate of drug-likeness (QED) is 0.900. The van der Waals surface area contributed by atoms with E-state index in [9.17, 15) is 18.4 Å². The average Bonchev–Trinajstić information content (AvgIpc) is 2.48. The fraction of sp³-hybridized carbons (Fsp3) is 0.176. The minimum absolute atomic E-state index is 0.209. The molecule has 2 amide bonds. The van der Waals surface area contributed by atoms with Gasteiger partial charge in [0, 0.05) is 12.0 Å². The molecule has 2 aromatic carbocycles. The number of amides is 2. The van der Waals surface area contributed by atoms with Gasteiger partial charge in [0.1, 0.15) is 11.6 Å². The molecule has 0 heterocycles. The van der Waals surface area contributed by atoms with E-state index in [-0.39, 0.29) is 17.4 Å². The lowest BCUT2D eigenvalue weighted by Gasteiger charge is -2.13. The number of carbonyl (C=O) groups excluding carboxylic acids is 2. The Kier molecular flexibility index (Phi) is 5.05. The highest BCUT2D eigenvalue weighted by Crippen LogP contribution is 2.23. The molecule has 120 valence electrons. The van der Waals surface area contributed by atoms with E-state index in [0.29, 0.717) is 17.4 Å². The number of hydrogen-bond donors (Lipinski definition) is 2. The van der Waals surface area contributed by atoms with E-state index in [4.69, 9.17) is 0 Å². The predicted octanol–water partition coefficient (Wildman–Crippen LogP) is 3.81. The molecule has 0 aliphatic rings. The maximum Gasteiger partial charge on any atom is 0.258 e. The van der Waals surface area contributed by atoms with Crippen LogP contribution in [0.5, 0.6) is 0 Å². The Morgan fingerprint density at radius 1 is 0.957 bits per heavy atom. The van der Waals surface area contributed by atoms with Crippen LogP contribution >= 0.6 is 0 Å². The number of nitrogens with one attached hydrogen (secondary N) is 2. The Hall–Kier alpha value is -2.76. The normalized spacial score (nSPS) is 10.5. The Morgan fingerprint density at radius 3 is 2.13 bits per heavy atom. The Balaban J connectivity index is 2.23. The molecule has 0 atom stereocenters. The third-order valence-electron chi connectivity index (χ3n) is 3.13. The molecule has 0 aromatic heterocycles. The van der Waals surface area contributed by atoms with Crippen LogP contribution in [0.3, 0.4) is 0 Å². The molecule has 0 aliphatic heterocycles. The van der Waals surface area contributed by atoms with Crippen LogP contribution < -0.4 is 10.6 Å². The number of hydrogen-bond acceptors (Lipinski definition) is 2. The van der Waals surface area contributed by atoms with E-state index in [0.717, 1.165) is 12.1 Å². The standard InChI is InChI=1S/C17H16F2N2O2/c1-10(2)16(22)20-14-5-3-4-6-15(14)21-17(23)12-8-7-11(18)9-13(12)19/h3-10H,1-2H3,(H,20,22)(H,21,23). The molecule has 0 spiro atoms. The van der Waals surface area contributed by atoms with Crippen molar-refractivity contribution < 1.29 is 18.4 Å². The predicted molar refractivity (Wildman–Crippen MR) is 84.2 cm³/mol. The van der Waals surface area contributed by atoms with Gasteiger partial charge in [-0.2, -0.15) is 0 Å². The molecule has 2 rings (SSSR count). The first-order valence-corrected chi connectivity index (χ1v) is 7.04. The van der Waals surface area contributed by atoms with E-state index < -0.39 is 17.5 Å². The van der Waals surface area contributed by atoms with Crippen LogP contribution in [-0.2, 0) is 4.79 Å². The number of rotatable bonds is 4. The molecule has 23 heavy (non-hydrogen) atoms. The summed E-state index contributed by atoms with van der Waals surface area (Å²) in [6.45, 7) is 3.48. The molecule has 2 aromatic rings. The molecule has 0 saturated carbocycles. The van der Waals surface area contributed by atoms with Gasteiger partial charge in [-0.3, -0.25) is 9.59 Å². The van der Waals surface area contributed by atoms with E-state index in [1.807, 2.05) is 0 Å². The molecule has 6 heteroatoms. The van der Waals surface area contributed by atoms with Gasteiger partial charge in [0.2, 0.25) is 5.91 Å². The van der Waals surface area contributed by atoms with Crippen LogP contribution in [0.4, 0.5) is 20.2 Å². The van der Waals surface area contributed by atoms with Crippen molar-refractivity contribution in [3.05, 3.63) is 59.7 Å². The number of para-hydroxylation sites is 2. The lowest BCUT2D eigenvalue weighted by molar-refractivity contribution is -0.118. The molecular weight excluding hydrogens is 302 g/mol. The summed E-state index contributed by atoms with van der Waals surface area (Å²) in [4.78, 5) is 23.9. The first kappa shape index (κ1) is 16.6. The van der Waals surface area contributed by atoms with Gasteiger partial charge in [-0.25, -0.2) is 8.78 Å². The summed E-state index contributed by atoms with van der Waals surface area (Å²) in [5.74, 6) is -2.88. The van der Waals surface area contributed by atoms with Gasteiger partial charge in [-0.05, 0) is 24.3 Å². The van der Waals surface area contributed by atoms with E-state index >= 15 is 0 Å². The lowest BCUT2D eigenvalue weighted by Crippen LogP contribution is -2.20. The second-order valence-corrected chi connectivity index (χ2v) is 5.27. The van der Waals surface area contributed by atoms with Crippen molar-refractivity contribution in [3.63, 3.8) is 0 Å².